The number of benzene rings is 2. The zero-order valence-electron chi connectivity index (χ0n) is 12.5. The van der Waals surface area contributed by atoms with Crippen LogP contribution in [0.1, 0.15) is 16.7 Å². The second-order valence-corrected chi connectivity index (χ2v) is 6.16. The van der Waals surface area contributed by atoms with E-state index in [2.05, 4.69) is 33.0 Å². The standard InChI is InChI=1S/C16H18BrN3O2/c1-11-13(16(18)15(20(21)22)8-14(11)17)10-19(2)9-12-6-4-3-5-7-12/h3-8H,9-10,18H2,1-2H3. The van der Waals surface area contributed by atoms with Gasteiger partial charge in [-0.15, -0.1) is 0 Å². The van der Waals surface area contributed by atoms with Crippen LogP contribution in [0.3, 0.4) is 0 Å². The summed E-state index contributed by atoms with van der Waals surface area (Å²) in [6.07, 6.45) is 0. The topological polar surface area (TPSA) is 72.4 Å². The van der Waals surface area contributed by atoms with Crippen LogP contribution in [-0.4, -0.2) is 16.9 Å². The van der Waals surface area contributed by atoms with E-state index in [4.69, 9.17) is 5.73 Å². The molecule has 0 saturated heterocycles. The SMILES string of the molecule is Cc1c(Br)cc([N+](=O)[O-])c(N)c1CN(C)Cc1ccccc1. The first-order chi connectivity index (χ1) is 10.4. The van der Waals surface area contributed by atoms with Crippen LogP contribution in [0.5, 0.6) is 0 Å². The Hall–Kier alpha value is -1.92. The highest BCUT2D eigenvalue weighted by atomic mass is 79.9. The first kappa shape index (κ1) is 16.5. The Balaban J connectivity index is 2.27. The van der Waals surface area contributed by atoms with Crippen LogP contribution in [0.2, 0.25) is 0 Å². The van der Waals surface area contributed by atoms with E-state index in [1.54, 1.807) is 0 Å². The van der Waals surface area contributed by atoms with Crippen molar-refractivity contribution in [1.82, 2.24) is 4.90 Å². The van der Waals surface area contributed by atoms with E-state index < -0.39 is 4.92 Å². The number of nitro benzene ring substituents is 1. The third-order valence-electron chi connectivity index (χ3n) is 3.60. The van der Waals surface area contributed by atoms with Crippen molar-refractivity contribution in [3.63, 3.8) is 0 Å². The van der Waals surface area contributed by atoms with Crippen LogP contribution in [0.15, 0.2) is 40.9 Å². The van der Waals surface area contributed by atoms with Gasteiger partial charge in [-0.05, 0) is 25.1 Å². The zero-order chi connectivity index (χ0) is 16.3. The Kier molecular flexibility index (Phi) is 5.15. The van der Waals surface area contributed by atoms with Gasteiger partial charge in [0.05, 0.1) is 4.92 Å². The lowest BCUT2D eigenvalue weighted by atomic mass is 10.0. The lowest BCUT2D eigenvalue weighted by Gasteiger charge is -2.20. The Bertz CT molecular complexity index is 690. The molecule has 2 aromatic rings. The van der Waals surface area contributed by atoms with Gasteiger partial charge in [-0.1, -0.05) is 46.3 Å². The summed E-state index contributed by atoms with van der Waals surface area (Å²) in [6.45, 7) is 3.21. The maximum absolute atomic E-state index is 11.1. The van der Waals surface area contributed by atoms with Gasteiger partial charge < -0.3 is 5.73 Å². The van der Waals surface area contributed by atoms with Crippen LogP contribution < -0.4 is 5.73 Å². The third-order valence-corrected chi connectivity index (χ3v) is 4.42. The van der Waals surface area contributed by atoms with E-state index in [0.717, 1.165) is 17.7 Å². The normalized spacial score (nSPS) is 10.9. The average molecular weight is 364 g/mol. The summed E-state index contributed by atoms with van der Waals surface area (Å²) >= 11 is 3.38. The van der Waals surface area contributed by atoms with Crippen molar-refractivity contribution in [3.8, 4) is 0 Å². The third kappa shape index (κ3) is 3.64. The first-order valence-corrected chi connectivity index (χ1v) is 7.63. The highest BCUT2D eigenvalue weighted by molar-refractivity contribution is 9.10. The molecule has 0 bridgehead atoms. The van der Waals surface area contributed by atoms with Crippen molar-refractivity contribution in [3.05, 3.63) is 67.7 Å². The van der Waals surface area contributed by atoms with Crippen molar-refractivity contribution < 1.29 is 4.92 Å². The molecule has 5 nitrogen and oxygen atoms in total. The number of hydrogen-bond acceptors (Lipinski definition) is 4. The fourth-order valence-corrected chi connectivity index (χ4v) is 2.84. The molecule has 0 aromatic heterocycles. The van der Waals surface area contributed by atoms with Crippen LogP contribution in [0, 0.1) is 17.0 Å². The van der Waals surface area contributed by atoms with Gasteiger partial charge in [0.2, 0.25) is 0 Å². The van der Waals surface area contributed by atoms with Gasteiger partial charge in [0.25, 0.3) is 5.69 Å². The predicted octanol–water partition coefficient (Wildman–Crippen LogP) is 3.88. The summed E-state index contributed by atoms with van der Waals surface area (Å²) in [7, 11) is 1.97. The van der Waals surface area contributed by atoms with Gasteiger partial charge in [0.1, 0.15) is 5.69 Å². The fourth-order valence-electron chi connectivity index (χ4n) is 2.38. The van der Waals surface area contributed by atoms with E-state index in [1.165, 1.54) is 11.6 Å². The molecule has 2 N–H and O–H groups in total. The molecule has 0 atom stereocenters. The molecule has 0 saturated carbocycles. The van der Waals surface area contributed by atoms with Crippen molar-refractivity contribution in [2.45, 2.75) is 20.0 Å². The van der Waals surface area contributed by atoms with Crippen molar-refractivity contribution in [2.75, 3.05) is 12.8 Å². The van der Waals surface area contributed by atoms with Gasteiger partial charge in [-0.3, -0.25) is 15.0 Å². The molecule has 0 aliphatic heterocycles. The summed E-state index contributed by atoms with van der Waals surface area (Å²) < 4.78 is 0.705. The van der Waals surface area contributed by atoms with E-state index >= 15 is 0 Å². The number of halogens is 1. The molecule has 0 unspecified atom stereocenters. The number of hydrogen-bond donors (Lipinski definition) is 1. The Morgan fingerprint density at radius 1 is 1.27 bits per heavy atom. The molecule has 0 radical (unpaired) electrons. The highest BCUT2D eigenvalue weighted by Crippen LogP contribution is 2.34. The molecule has 0 aliphatic carbocycles. The van der Waals surface area contributed by atoms with Gasteiger partial charge in [-0.25, -0.2) is 0 Å². The molecule has 22 heavy (non-hydrogen) atoms. The fraction of sp³-hybridized carbons (Fsp3) is 0.250. The van der Waals surface area contributed by atoms with Crippen molar-refractivity contribution >= 4 is 27.3 Å². The number of nitrogen functional groups attached to an aromatic ring is 1. The van der Waals surface area contributed by atoms with E-state index in [9.17, 15) is 10.1 Å². The van der Waals surface area contributed by atoms with Crippen LogP contribution in [-0.2, 0) is 13.1 Å². The minimum absolute atomic E-state index is 0.0550. The van der Waals surface area contributed by atoms with E-state index in [0.29, 0.717) is 11.0 Å². The molecule has 0 heterocycles. The molecule has 0 amide bonds. The molecule has 0 aliphatic rings. The first-order valence-electron chi connectivity index (χ1n) is 6.84. The molecule has 0 spiro atoms. The number of anilines is 1. The Labute approximate surface area is 138 Å². The lowest BCUT2D eigenvalue weighted by Crippen LogP contribution is -2.19. The molecule has 2 aromatic carbocycles. The minimum Gasteiger partial charge on any atom is -0.393 e. The smallest absolute Gasteiger partial charge is 0.293 e. The maximum Gasteiger partial charge on any atom is 0.293 e. The Morgan fingerprint density at radius 2 is 1.91 bits per heavy atom. The molecular weight excluding hydrogens is 346 g/mol. The van der Waals surface area contributed by atoms with E-state index in [-0.39, 0.29) is 11.4 Å². The summed E-state index contributed by atoms with van der Waals surface area (Å²) in [5, 5.41) is 11.1. The lowest BCUT2D eigenvalue weighted by molar-refractivity contribution is -0.384. The number of nitro groups is 1. The van der Waals surface area contributed by atoms with Gasteiger partial charge in [0.15, 0.2) is 0 Å². The summed E-state index contributed by atoms with van der Waals surface area (Å²) in [5.74, 6) is 0. The van der Waals surface area contributed by atoms with Crippen LogP contribution >= 0.6 is 15.9 Å². The minimum atomic E-state index is -0.444. The Morgan fingerprint density at radius 3 is 2.50 bits per heavy atom. The van der Waals surface area contributed by atoms with Crippen LogP contribution in [0.25, 0.3) is 0 Å². The molecule has 0 fully saturated rings. The van der Waals surface area contributed by atoms with Crippen molar-refractivity contribution in [1.29, 1.82) is 0 Å². The largest absolute Gasteiger partial charge is 0.393 e. The quantitative estimate of drug-likeness (QED) is 0.497. The zero-order valence-corrected chi connectivity index (χ0v) is 14.1. The number of nitrogens with two attached hydrogens (primary N) is 1. The number of nitrogens with zero attached hydrogens (tertiary/aromatic N) is 2. The highest BCUT2D eigenvalue weighted by Gasteiger charge is 2.20. The van der Waals surface area contributed by atoms with Crippen molar-refractivity contribution in [2.24, 2.45) is 0 Å². The molecule has 2 rings (SSSR count). The second kappa shape index (κ2) is 6.89. The van der Waals surface area contributed by atoms with E-state index in [1.807, 2.05) is 32.2 Å². The summed E-state index contributed by atoms with van der Waals surface area (Å²) in [5.41, 5.74) is 9.10. The summed E-state index contributed by atoms with van der Waals surface area (Å²) in [6, 6.07) is 11.5. The monoisotopic (exact) mass is 363 g/mol. The molecular formula is C16H18BrN3O2. The van der Waals surface area contributed by atoms with Gasteiger partial charge >= 0.3 is 0 Å². The predicted molar refractivity (Wildman–Crippen MR) is 91.6 cm³/mol. The van der Waals surface area contributed by atoms with Crippen LogP contribution in [0.4, 0.5) is 11.4 Å². The number of rotatable bonds is 5. The molecule has 6 heteroatoms. The maximum atomic E-state index is 11.1. The second-order valence-electron chi connectivity index (χ2n) is 5.31. The van der Waals surface area contributed by atoms with Gasteiger partial charge in [0, 0.05) is 29.2 Å². The summed E-state index contributed by atoms with van der Waals surface area (Å²) in [4.78, 5) is 12.7. The average Bonchev–Trinajstić information content (AvgIpc) is 2.48. The van der Waals surface area contributed by atoms with Gasteiger partial charge in [-0.2, -0.15) is 0 Å². The molecule has 116 valence electrons.